The number of urea groups is 1. The van der Waals surface area contributed by atoms with Gasteiger partial charge in [0.2, 0.25) is 0 Å². The van der Waals surface area contributed by atoms with E-state index < -0.39 is 29.6 Å². The van der Waals surface area contributed by atoms with Crippen LogP contribution in [-0.4, -0.2) is 25.5 Å². The number of carbonyl (C=O) groups is 2. The predicted molar refractivity (Wildman–Crippen MR) is 101 cm³/mol. The Labute approximate surface area is 167 Å². The third-order valence-corrected chi connectivity index (χ3v) is 3.63. The molecule has 0 fully saturated rings. The number of esters is 1. The van der Waals surface area contributed by atoms with E-state index >= 15 is 0 Å². The van der Waals surface area contributed by atoms with Crippen molar-refractivity contribution in [2.75, 3.05) is 17.7 Å². The van der Waals surface area contributed by atoms with Crippen LogP contribution in [0.4, 0.5) is 33.7 Å². The molecule has 0 saturated heterocycles. The number of nitrogens with one attached hydrogen (secondary N) is 3. The van der Waals surface area contributed by atoms with Gasteiger partial charge in [-0.1, -0.05) is 12.1 Å². The molecule has 0 radical (unpaired) electrons. The SMILES string of the molecule is COc1ccc(C(F)(F)F)cc1NC(=O)Nc1c(F)cccc1/C=C\C(=O)OC=N. The van der Waals surface area contributed by atoms with Gasteiger partial charge in [-0.25, -0.2) is 14.0 Å². The molecule has 0 aliphatic rings. The van der Waals surface area contributed by atoms with E-state index in [9.17, 15) is 27.2 Å². The zero-order chi connectivity index (χ0) is 22.3. The van der Waals surface area contributed by atoms with Crippen LogP contribution in [-0.2, 0) is 15.7 Å². The van der Waals surface area contributed by atoms with Gasteiger partial charge in [0.15, 0.2) is 6.40 Å². The maximum atomic E-state index is 14.2. The lowest BCUT2D eigenvalue weighted by Gasteiger charge is -2.15. The van der Waals surface area contributed by atoms with E-state index in [4.69, 9.17) is 10.1 Å². The molecule has 0 heterocycles. The van der Waals surface area contributed by atoms with E-state index in [0.717, 1.165) is 30.4 Å². The van der Waals surface area contributed by atoms with Crippen LogP contribution in [0.3, 0.4) is 0 Å². The highest BCUT2D eigenvalue weighted by Crippen LogP contribution is 2.35. The molecule has 11 heteroatoms. The fourth-order valence-corrected chi connectivity index (χ4v) is 2.32. The molecule has 2 amide bonds. The Morgan fingerprint density at radius 2 is 1.87 bits per heavy atom. The number of hydrogen-bond donors (Lipinski definition) is 3. The van der Waals surface area contributed by atoms with Gasteiger partial charge in [-0.15, -0.1) is 0 Å². The Morgan fingerprint density at radius 3 is 2.50 bits per heavy atom. The molecule has 3 N–H and O–H groups in total. The quantitative estimate of drug-likeness (QED) is 0.206. The molecule has 2 aromatic carbocycles. The summed E-state index contributed by atoms with van der Waals surface area (Å²) in [7, 11) is 1.21. The fraction of sp³-hybridized carbons (Fsp3) is 0.105. The Balaban J connectivity index is 2.27. The lowest BCUT2D eigenvalue weighted by atomic mass is 10.1. The van der Waals surface area contributed by atoms with Gasteiger partial charge >= 0.3 is 18.2 Å². The number of amides is 2. The highest BCUT2D eigenvalue weighted by Gasteiger charge is 2.31. The molecule has 0 aromatic heterocycles. The maximum Gasteiger partial charge on any atom is 0.416 e. The van der Waals surface area contributed by atoms with Crippen molar-refractivity contribution in [3.8, 4) is 5.75 Å². The summed E-state index contributed by atoms with van der Waals surface area (Å²) in [6, 6.07) is 5.17. The number of rotatable bonds is 6. The van der Waals surface area contributed by atoms with Crippen LogP contribution >= 0.6 is 0 Å². The van der Waals surface area contributed by atoms with Crippen molar-refractivity contribution in [2.24, 2.45) is 0 Å². The highest BCUT2D eigenvalue weighted by molar-refractivity contribution is 6.02. The number of para-hydroxylation sites is 1. The van der Waals surface area contributed by atoms with Crippen molar-refractivity contribution in [1.29, 1.82) is 5.41 Å². The molecule has 0 aliphatic heterocycles. The van der Waals surface area contributed by atoms with Crippen molar-refractivity contribution >= 4 is 35.9 Å². The number of ether oxygens (including phenoxy) is 2. The zero-order valence-corrected chi connectivity index (χ0v) is 15.3. The van der Waals surface area contributed by atoms with Gasteiger partial charge in [0.25, 0.3) is 0 Å². The lowest BCUT2D eigenvalue weighted by molar-refractivity contribution is -0.137. The van der Waals surface area contributed by atoms with Crippen LogP contribution in [0.5, 0.6) is 5.75 Å². The number of methoxy groups -OCH3 is 1. The molecule has 2 aromatic rings. The molecule has 0 atom stereocenters. The molecule has 0 aliphatic carbocycles. The van der Waals surface area contributed by atoms with Crippen molar-refractivity contribution in [2.45, 2.75) is 6.18 Å². The van der Waals surface area contributed by atoms with Crippen LogP contribution < -0.4 is 15.4 Å². The van der Waals surface area contributed by atoms with Crippen LogP contribution in [0, 0.1) is 11.2 Å². The molecular weight excluding hydrogens is 410 g/mol. The maximum absolute atomic E-state index is 14.2. The summed E-state index contributed by atoms with van der Waals surface area (Å²) in [5.41, 5.74) is -1.56. The normalized spacial score (nSPS) is 11.1. The summed E-state index contributed by atoms with van der Waals surface area (Å²) in [5.74, 6) is -1.80. The van der Waals surface area contributed by atoms with Gasteiger partial charge in [0.05, 0.1) is 24.0 Å². The van der Waals surface area contributed by atoms with Gasteiger partial charge in [-0.05, 0) is 30.3 Å². The minimum absolute atomic E-state index is 0.0406. The summed E-state index contributed by atoms with van der Waals surface area (Å²) in [5, 5.41) is 11.0. The van der Waals surface area contributed by atoms with E-state index in [-0.39, 0.29) is 22.7 Å². The molecule has 158 valence electrons. The van der Waals surface area contributed by atoms with E-state index in [1.165, 1.54) is 19.2 Å². The first-order valence-corrected chi connectivity index (χ1v) is 8.15. The number of alkyl halides is 3. The Bertz CT molecular complexity index is 990. The number of anilines is 2. The van der Waals surface area contributed by atoms with Gasteiger partial charge in [-0.3, -0.25) is 5.41 Å². The minimum atomic E-state index is -4.65. The fourth-order valence-electron chi connectivity index (χ4n) is 2.32. The molecule has 0 saturated carbocycles. The molecular formula is C19H15F4N3O4. The number of halogens is 4. The van der Waals surface area contributed by atoms with Crippen LogP contribution in [0.1, 0.15) is 11.1 Å². The smallest absolute Gasteiger partial charge is 0.416 e. The molecule has 2 rings (SSSR count). The number of hydrogen-bond acceptors (Lipinski definition) is 5. The number of carbonyl (C=O) groups excluding carboxylic acids is 2. The van der Waals surface area contributed by atoms with E-state index in [2.05, 4.69) is 15.4 Å². The first-order valence-electron chi connectivity index (χ1n) is 8.15. The summed E-state index contributed by atoms with van der Waals surface area (Å²) >= 11 is 0. The Kier molecular flexibility index (Phi) is 7.13. The summed E-state index contributed by atoms with van der Waals surface area (Å²) in [6.45, 7) is 0. The van der Waals surface area contributed by atoms with Crippen LogP contribution in [0.15, 0.2) is 42.5 Å². The predicted octanol–water partition coefficient (Wildman–Crippen LogP) is 4.66. The van der Waals surface area contributed by atoms with Gasteiger partial charge < -0.3 is 20.1 Å². The first kappa shape index (κ1) is 22.4. The third-order valence-electron chi connectivity index (χ3n) is 3.63. The molecule has 0 bridgehead atoms. The monoisotopic (exact) mass is 425 g/mol. The summed E-state index contributed by atoms with van der Waals surface area (Å²) < 4.78 is 62.2. The molecule has 7 nitrogen and oxygen atoms in total. The van der Waals surface area contributed by atoms with Crippen LogP contribution in [0.25, 0.3) is 6.08 Å². The van der Waals surface area contributed by atoms with Crippen molar-refractivity contribution in [3.05, 3.63) is 59.4 Å². The van der Waals surface area contributed by atoms with E-state index in [0.29, 0.717) is 12.5 Å². The highest BCUT2D eigenvalue weighted by atomic mass is 19.4. The largest absolute Gasteiger partial charge is 0.495 e. The van der Waals surface area contributed by atoms with Crippen molar-refractivity contribution in [3.63, 3.8) is 0 Å². The molecule has 0 unspecified atom stereocenters. The number of benzene rings is 2. The van der Waals surface area contributed by atoms with Crippen LogP contribution in [0.2, 0.25) is 0 Å². The molecule has 30 heavy (non-hydrogen) atoms. The molecule has 0 spiro atoms. The Morgan fingerprint density at radius 1 is 1.13 bits per heavy atom. The van der Waals surface area contributed by atoms with Gasteiger partial charge in [-0.2, -0.15) is 13.2 Å². The van der Waals surface area contributed by atoms with E-state index in [1.54, 1.807) is 0 Å². The van der Waals surface area contributed by atoms with Gasteiger partial charge in [0, 0.05) is 11.6 Å². The lowest BCUT2D eigenvalue weighted by Crippen LogP contribution is -2.21. The Hall–Kier alpha value is -3.89. The second kappa shape index (κ2) is 9.54. The second-order valence-electron chi connectivity index (χ2n) is 5.58. The summed E-state index contributed by atoms with van der Waals surface area (Å²) in [4.78, 5) is 23.6. The average molecular weight is 425 g/mol. The third kappa shape index (κ3) is 5.80. The zero-order valence-electron chi connectivity index (χ0n) is 15.3. The van der Waals surface area contributed by atoms with Gasteiger partial charge in [0.1, 0.15) is 11.6 Å². The van der Waals surface area contributed by atoms with Crippen molar-refractivity contribution < 1.29 is 36.6 Å². The second-order valence-corrected chi connectivity index (χ2v) is 5.58. The van der Waals surface area contributed by atoms with E-state index in [1.807, 2.05) is 0 Å². The average Bonchev–Trinajstić information content (AvgIpc) is 2.68. The minimum Gasteiger partial charge on any atom is -0.495 e. The first-order chi connectivity index (χ1) is 14.2. The van der Waals surface area contributed by atoms with Crippen molar-refractivity contribution in [1.82, 2.24) is 0 Å². The standard InChI is InChI=1S/C19H15F4N3O4/c1-29-15-7-6-12(19(21,22)23)9-14(15)25-18(28)26-17-11(3-2-4-13(17)20)5-8-16(27)30-10-24/h2-10,24H,1H3,(H2,25,26,28)/b8-5-,24-10?. The summed E-state index contributed by atoms with van der Waals surface area (Å²) in [6.07, 6.45) is -2.20. The topological polar surface area (TPSA) is 101 Å².